The molecule has 0 bridgehead atoms. The monoisotopic (exact) mass is 212 g/mol. The molecule has 1 heterocycles. The minimum Gasteiger partial charge on any atom is -0.473 e. The van der Waals surface area contributed by atoms with E-state index < -0.39 is 0 Å². The number of rotatable bonds is 7. The molecule has 2 heteroatoms. The lowest BCUT2D eigenvalue weighted by atomic mass is 10.0. The summed E-state index contributed by atoms with van der Waals surface area (Å²) in [6, 6.07) is 0. The average Bonchev–Trinajstić information content (AvgIpc) is 2.31. The van der Waals surface area contributed by atoms with E-state index in [-0.39, 0.29) is 6.29 Å². The fourth-order valence-corrected chi connectivity index (χ4v) is 1.78. The fourth-order valence-electron chi connectivity index (χ4n) is 1.78. The highest BCUT2D eigenvalue weighted by molar-refractivity contribution is 4.79. The summed E-state index contributed by atoms with van der Waals surface area (Å²) in [4.78, 5) is 0. The second-order valence-corrected chi connectivity index (χ2v) is 4.26. The second-order valence-electron chi connectivity index (χ2n) is 4.26. The van der Waals surface area contributed by atoms with Gasteiger partial charge in [0.2, 0.25) is 0 Å². The molecule has 0 spiro atoms. The SMILES string of the molecule is CCCC[C@H](CC)CO[C@@H]1CCC=CO1. The van der Waals surface area contributed by atoms with E-state index in [1.165, 1.54) is 25.7 Å². The Morgan fingerprint density at radius 1 is 1.47 bits per heavy atom. The fraction of sp³-hybridized carbons (Fsp3) is 0.846. The predicted octanol–water partition coefficient (Wildman–Crippen LogP) is 3.87. The number of unbranched alkanes of at least 4 members (excludes halogenated alkanes) is 1. The van der Waals surface area contributed by atoms with E-state index in [4.69, 9.17) is 9.47 Å². The molecule has 88 valence electrons. The van der Waals surface area contributed by atoms with Gasteiger partial charge >= 0.3 is 0 Å². The van der Waals surface area contributed by atoms with Crippen molar-refractivity contribution >= 4 is 0 Å². The van der Waals surface area contributed by atoms with E-state index >= 15 is 0 Å². The molecule has 0 aromatic carbocycles. The summed E-state index contributed by atoms with van der Waals surface area (Å²) in [5, 5.41) is 0. The summed E-state index contributed by atoms with van der Waals surface area (Å²) in [5.41, 5.74) is 0. The topological polar surface area (TPSA) is 18.5 Å². The second kappa shape index (κ2) is 7.75. The standard InChI is InChI=1S/C13H24O2/c1-3-5-8-12(4-2)11-15-13-9-6-7-10-14-13/h7,10,12-13H,3-6,8-9,11H2,1-2H3/t12-,13+/m0/s1. The molecule has 0 aromatic heterocycles. The van der Waals surface area contributed by atoms with Crippen molar-refractivity contribution < 1.29 is 9.47 Å². The Morgan fingerprint density at radius 2 is 2.33 bits per heavy atom. The highest BCUT2D eigenvalue weighted by Gasteiger charge is 2.13. The molecule has 0 fully saturated rings. The van der Waals surface area contributed by atoms with Crippen LogP contribution >= 0.6 is 0 Å². The maximum atomic E-state index is 5.76. The Kier molecular flexibility index (Phi) is 6.49. The molecular formula is C13H24O2. The lowest BCUT2D eigenvalue weighted by molar-refractivity contribution is -0.125. The Hall–Kier alpha value is -0.500. The summed E-state index contributed by atoms with van der Waals surface area (Å²) in [7, 11) is 0. The van der Waals surface area contributed by atoms with Crippen LogP contribution in [0.15, 0.2) is 12.3 Å². The zero-order valence-corrected chi connectivity index (χ0v) is 10.1. The third kappa shape index (κ3) is 5.22. The predicted molar refractivity (Wildman–Crippen MR) is 62.5 cm³/mol. The van der Waals surface area contributed by atoms with E-state index in [2.05, 4.69) is 13.8 Å². The lowest BCUT2D eigenvalue weighted by Gasteiger charge is -2.22. The van der Waals surface area contributed by atoms with E-state index in [1.807, 2.05) is 6.08 Å². The van der Waals surface area contributed by atoms with Crippen LogP contribution in [0.5, 0.6) is 0 Å². The average molecular weight is 212 g/mol. The third-order valence-corrected chi connectivity index (χ3v) is 2.96. The van der Waals surface area contributed by atoms with Crippen molar-refractivity contribution in [2.45, 2.75) is 58.7 Å². The van der Waals surface area contributed by atoms with Crippen molar-refractivity contribution in [3.63, 3.8) is 0 Å². The number of allylic oxidation sites excluding steroid dienone is 1. The summed E-state index contributed by atoms with van der Waals surface area (Å²) in [6.07, 6.45) is 11.0. The van der Waals surface area contributed by atoms with Crippen LogP contribution in [0.2, 0.25) is 0 Å². The number of hydrogen-bond acceptors (Lipinski definition) is 2. The molecule has 0 N–H and O–H groups in total. The van der Waals surface area contributed by atoms with E-state index in [1.54, 1.807) is 6.26 Å². The van der Waals surface area contributed by atoms with Gasteiger partial charge in [-0.25, -0.2) is 0 Å². The Labute approximate surface area is 93.7 Å². The largest absolute Gasteiger partial charge is 0.473 e. The van der Waals surface area contributed by atoms with Gasteiger partial charge in [-0.2, -0.15) is 0 Å². The van der Waals surface area contributed by atoms with Crippen LogP contribution in [-0.4, -0.2) is 12.9 Å². The molecule has 1 aliphatic heterocycles. The smallest absolute Gasteiger partial charge is 0.199 e. The van der Waals surface area contributed by atoms with Gasteiger partial charge in [-0.15, -0.1) is 0 Å². The van der Waals surface area contributed by atoms with Gasteiger partial charge in [0, 0.05) is 6.42 Å². The number of ether oxygens (including phenoxy) is 2. The van der Waals surface area contributed by atoms with Gasteiger partial charge in [0.25, 0.3) is 0 Å². The van der Waals surface area contributed by atoms with Crippen LogP contribution < -0.4 is 0 Å². The van der Waals surface area contributed by atoms with Crippen molar-refractivity contribution in [1.29, 1.82) is 0 Å². The molecule has 0 amide bonds. The van der Waals surface area contributed by atoms with Gasteiger partial charge in [0.05, 0.1) is 12.9 Å². The van der Waals surface area contributed by atoms with Crippen molar-refractivity contribution in [2.75, 3.05) is 6.61 Å². The van der Waals surface area contributed by atoms with E-state index in [9.17, 15) is 0 Å². The highest BCUT2D eigenvalue weighted by Crippen LogP contribution is 2.17. The Bertz CT molecular complexity index is 177. The van der Waals surface area contributed by atoms with Gasteiger partial charge < -0.3 is 9.47 Å². The first-order valence-electron chi connectivity index (χ1n) is 6.28. The summed E-state index contributed by atoms with van der Waals surface area (Å²) >= 11 is 0. The molecule has 0 saturated heterocycles. The molecule has 0 aromatic rings. The van der Waals surface area contributed by atoms with Crippen LogP contribution in [-0.2, 0) is 9.47 Å². The van der Waals surface area contributed by atoms with Crippen molar-refractivity contribution in [2.24, 2.45) is 5.92 Å². The molecule has 1 rings (SSSR count). The van der Waals surface area contributed by atoms with Crippen molar-refractivity contribution in [3.05, 3.63) is 12.3 Å². The molecule has 0 radical (unpaired) electrons. The minimum atomic E-state index is 0.00526. The van der Waals surface area contributed by atoms with Gasteiger partial charge in [-0.1, -0.05) is 33.1 Å². The van der Waals surface area contributed by atoms with Crippen LogP contribution in [0.25, 0.3) is 0 Å². The highest BCUT2D eigenvalue weighted by atomic mass is 16.7. The molecule has 0 aliphatic carbocycles. The number of hydrogen-bond donors (Lipinski definition) is 0. The Balaban J connectivity index is 2.12. The molecule has 2 nitrogen and oxygen atoms in total. The maximum Gasteiger partial charge on any atom is 0.199 e. The normalized spacial score (nSPS) is 22.4. The minimum absolute atomic E-state index is 0.00526. The summed E-state index contributed by atoms with van der Waals surface area (Å²) in [5.74, 6) is 0.708. The molecule has 0 saturated carbocycles. The first-order valence-corrected chi connectivity index (χ1v) is 6.28. The van der Waals surface area contributed by atoms with Crippen molar-refractivity contribution in [1.82, 2.24) is 0 Å². The van der Waals surface area contributed by atoms with Crippen LogP contribution in [0.4, 0.5) is 0 Å². The van der Waals surface area contributed by atoms with Gasteiger partial charge in [0.1, 0.15) is 0 Å². The zero-order valence-electron chi connectivity index (χ0n) is 10.1. The van der Waals surface area contributed by atoms with E-state index in [0.717, 1.165) is 19.4 Å². The first-order chi connectivity index (χ1) is 7.36. The molecule has 1 aliphatic rings. The van der Waals surface area contributed by atoms with Crippen LogP contribution in [0.1, 0.15) is 52.4 Å². The maximum absolute atomic E-state index is 5.76. The molecule has 15 heavy (non-hydrogen) atoms. The summed E-state index contributed by atoms with van der Waals surface area (Å²) < 4.78 is 11.1. The van der Waals surface area contributed by atoms with Crippen molar-refractivity contribution in [3.8, 4) is 0 Å². The third-order valence-electron chi connectivity index (χ3n) is 2.96. The van der Waals surface area contributed by atoms with Gasteiger partial charge in [-0.05, 0) is 24.8 Å². The summed E-state index contributed by atoms with van der Waals surface area (Å²) in [6.45, 7) is 5.34. The van der Waals surface area contributed by atoms with Gasteiger partial charge in [0.15, 0.2) is 6.29 Å². The molecular weight excluding hydrogens is 188 g/mol. The molecule has 0 unspecified atom stereocenters. The quantitative estimate of drug-likeness (QED) is 0.638. The van der Waals surface area contributed by atoms with Crippen LogP contribution in [0, 0.1) is 5.92 Å². The van der Waals surface area contributed by atoms with Gasteiger partial charge in [-0.3, -0.25) is 0 Å². The zero-order chi connectivity index (χ0) is 10.9. The Morgan fingerprint density at radius 3 is 2.93 bits per heavy atom. The van der Waals surface area contributed by atoms with Crippen LogP contribution in [0.3, 0.4) is 0 Å². The molecule has 2 atom stereocenters. The lowest BCUT2D eigenvalue weighted by Crippen LogP contribution is -2.21. The van der Waals surface area contributed by atoms with E-state index in [0.29, 0.717) is 5.92 Å². The first kappa shape index (κ1) is 12.6.